The van der Waals surface area contributed by atoms with E-state index < -0.39 is 0 Å². The van der Waals surface area contributed by atoms with Gasteiger partial charge in [-0.3, -0.25) is 0 Å². The maximum atomic E-state index is 5.15. The molecule has 3 aliphatic rings. The van der Waals surface area contributed by atoms with E-state index in [1.165, 1.54) is 67.5 Å². The van der Waals surface area contributed by atoms with Crippen molar-refractivity contribution < 1.29 is 0 Å². The molecule has 1 atom stereocenters. The highest BCUT2D eigenvalue weighted by Gasteiger charge is 2.34. The van der Waals surface area contributed by atoms with Gasteiger partial charge in [0.05, 0.1) is 5.70 Å². The standard InChI is InChI=1S/C26H35N3/c1-5-6-9-23-16-29(20(4)21-10-7-8-11-21)17-24-19(3)27-26(28-25(23)24)22-14-12-18(2)13-15-22/h12-15,21,23H,3-11,16-17H2,1-2H3,(H,27,28). The average Bonchev–Trinajstić information content (AvgIpc) is 3.27. The summed E-state index contributed by atoms with van der Waals surface area (Å²) in [6.45, 7) is 15.2. The number of unbranched alkanes of at least 4 members (excludes halogenated alkanes) is 1. The summed E-state index contributed by atoms with van der Waals surface area (Å²) in [5.74, 6) is 2.06. The summed E-state index contributed by atoms with van der Waals surface area (Å²) in [6.07, 6.45) is 8.94. The Balaban J connectivity index is 1.64. The van der Waals surface area contributed by atoms with E-state index in [1.54, 1.807) is 0 Å². The number of hydrogen-bond acceptors (Lipinski definition) is 3. The molecule has 1 aromatic carbocycles. The van der Waals surface area contributed by atoms with Crippen LogP contribution < -0.4 is 5.32 Å². The fourth-order valence-corrected chi connectivity index (χ4v) is 4.97. The second kappa shape index (κ2) is 8.61. The topological polar surface area (TPSA) is 27.6 Å². The Hall–Kier alpha value is -2.29. The van der Waals surface area contributed by atoms with Crippen molar-refractivity contribution in [2.45, 2.75) is 58.8 Å². The molecule has 1 unspecified atom stereocenters. The molecular weight excluding hydrogens is 354 g/mol. The number of amidine groups is 1. The van der Waals surface area contributed by atoms with Crippen LogP contribution in [0.25, 0.3) is 0 Å². The second-order valence-corrected chi connectivity index (χ2v) is 8.99. The first-order valence-electron chi connectivity index (χ1n) is 11.4. The van der Waals surface area contributed by atoms with Crippen molar-refractivity contribution in [3.63, 3.8) is 0 Å². The van der Waals surface area contributed by atoms with Gasteiger partial charge >= 0.3 is 0 Å². The minimum Gasteiger partial charge on any atom is -0.370 e. The summed E-state index contributed by atoms with van der Waals surface area (Å²) < 4.78 is 0. The number of hydrogen-bond donors (Lipinski definition) is 1. The van der Waals surface area contributed by atoms with Gasteiger partial charge < -0.3 is 10.2 Å². The van der Waals surface area contributed by atoms with Gasteiger partial charge in [-0.2, -0.15) is 0 Å². The van der Waals surface area contributed by atoms with Crippen molar-refractivity contribution in [1.29, 1.82) is 0 Å². The molecule has 1 saturated carbocycles. The number of rotatable bonds is 6. The summed E-state index contributed by atoms with van der Waals surface area (Å²) in [5, 5.41) is 3.50. The zero-order valence-corrected chi connectivity index (χ0v) is 18.1. The molecule has 2 heterocycles. The van der Waals surface area contributed by atoms with E-state index in [0.717, 1.165) is 30.2 Å². The minimum atomic E-state index is 0.455. The van der Waals surface area contributed by atoms with Gasteiger partial charge in [0.2, 0.25) is 0 Å². The first kappa shape index (κ1) is 20.0. The number of nitrogens with one attached hydrogen (secondary N) is 1. The first-order valence-corrected chi connectivity index (χ1v) is 11.4. The van der Waals surface area contributed by atoms with Crippen LogP contribution in [0, 0.1) is 18.8 Å². The van der Waals surface area contributed by atoms with Crippen molar-refractivity contribution in [1.82, 2.24) is 10.2 Å². The summed E-state index contributed by atoms with van der Waals surface area (Å²) in [5.41, 5.74) is 7.30. The third-order valence-electron chi connectivity index (χ3n) is 6.82. The molecule has 1 aromatic rings. The number of nitrogens with zero attached hydrogens (tertiary/aromatic N) is 2. The predicted molar refractivity (Wildman–Crippen MR) is 123 cm³/mol. The van der Waals surface area contributed by atoms with E-state index in [0.29, 0.717) is 11.8 Å². The fourth-order valence-electron chi connectivity index (χ4n) is 4.97. The quantitative estimate of drug-likeness (QED) is 0.652. The highest BCUT2D eigenvalue weighted by molar-refractivity contribution is 6.01. The van der Waals surface area contributed by atoms with Gasteiger partial charge in [-0.1, -0.05) is 75.6 Å². The summed E-state index contributed by atoms with van der Waals surface area (Å²) in [6, 6.07) is 8.60. The zero-order valence-electron chi connectivity index (χ0n) is 18.1. The monoisotopic (exact) mass is 389 g/mol. The molecule has 1 N–H and O–H groups in total. The summed E-state index contributed by atoms with van der Waals surface area (Å²) >= 11 is 0. The Bertz CT molecular complexity index is 837. The van der Waals surface area contributed by atoms with Crippen molar-refractivity contribution >= 4 is 5.84 Å². The van der Waals surface area contributed by atoms with Crippen LogP contribution in [0.2, 0.25) is 0 Å². The predicted octanol–water partition coefficient (Wildman–Crippen LogP) is 5.94. The molecule has 0 aromatic heterocycles. The van der Waals surface area contributed by atoms with Crippen molar-refractivity contribution in [3.8, 4) is 0 Å². The lowest BCUT2D eigenvalue weighted by atomic mass is 9.87. The van der Waals surface area contributed by atoms with E-state index in [1.807, 2.05) is 0 Å². The van der Waals surface area contributed by atoms with Crippen LogP contribution in [0.15, 0.2) is 65.1 Å². The van der Waals surface area contributed by atoms with Crippen LogP contribution in [0.4, 0.5) is 0 Å². The normalized spacial score (nSPS) is 22.4. The maximum absolute atomic E-state index is 5.15. The molecule has 2 aliphatic heterocycles. The molecule has 1 fully saturated rings. The van der Waals surface area contributed by atoms with Crippen molar-refractivity contribution in [2.75, 3.05) is 13.1 Å². The Morgan fingerprint density at radius 3 is 2.62 bits per heavy atom. The van der Waals surface area contributed by atoms with Crippen molar-refractivity contribution in [3.05, 3.63) is 71.2 Å². The van der Waals surface area contributed by atoms with E-state index in [9.17, 15) is 0 Å². The molecule has 0 bridgehead atoms. The van der Waals surface area contributed by atoms with Gasteiger partial charge in [0, 0.05) is 41.5 Å². The van der Waals surface area contributed by atoms with Crippen LogP contribution in [0.3, 0.4) is 0 Å². The average molecular weight is 390 g/mol. The number of aliphatic imine (C=N–C) groups is 1. The van der Waals surface area contributed by atoms with E-state index in [2.05, 4.69) is 61.5 Å². The van der Waals surface area contributed by atoms with Gasteiger partial charge in [-0.25, -0.2) is 4.99 Å². The van der Waals surface area contributed by atoms with Crippen LogP contribution in [-0.2, 0) is 0 Å². The molecule has 0 saturated heterocycles. The lowest BCUT2D eigenvalue weighted by Crippen LogP contribution is -2.42. The number of allylic oxidation sites excluding steroid dienone is 1. The van der Waals surface area contributed by atoms with Crippen LogP contribution in [-0.4, -0.2) is 23.8 Å². The summed E-state index contributed by atoms with van der Waals surface area (Å²) in [7, 11) is 0. The lowest BCUT2D eigenvalue weighted by Gasteiger charge is -2.41. The molecule has 3 nitrogen and oxygen atoms in total. The minimum absolute atomic E-state index is 0.455. The molecule has 3 heteroatoms. The van der Waals surface area contributed by atoms with Gasteiger partial charge in [0.25, 0.3) is 0 Å². The zero-order chi connectivity index (χ0) is 20.4. The molecule has 1 aliphatic carbocycles. The van der Waals surface area contributed by atoms with E-state index in [4.69, 9.17) is 4.99 Å². The van der Waals surface area contributed by atoms with E-state index in [-0.39, 0.29) is 0 Å². The Labute approximate surface area is 176 Å². The molecule has 0 spiro atoms. The third-order valence-corrected chi connectivity index (χ3v) is 6.82. The number of aryl methyl sites for hydroxylation is 1. The Morgan fingerprint density at radius 1 is 1.21 bits per heavy atom. The number of benzene rings is 1. The lowest BCUT2D eigenvalue weighted by molar-refractivity contribution is 0.260. The third kappa shape index (κ3) is 4.19. The first-order chi connectivity index (χ1) is 14.1. The van der Waals surface area contributed by atoms with Gasteiger partial charge in [0.15, 0.2) is 0 Å². The highest BCUT2D eigenvalue weighted by atomic mass is 15.2. The van der Waals surface area contributed by atoms with Crippen molar-refractivity contribution in [2.24, 2.45) is 16.8 Å². The molecule has 0 radical (unpaired) electrons. The van der Waals surface area contributed by atoms with E-state index >= 15 is 0 Å². The summed E-state index contributed by atoms with van der Waals surface area (Å²) in [4.78, 5) is 7.68. The molecule has 4 rings (SSSR count). The smallest absolute Gasteiger partial charge is 0.137 e. The molecule has 29 heavy (non-hydrogen) atoms. The van der Waals surface area contributed by atoms with Gasteiger partial charge in [-0.15, -0.1) is 0 Å². The van der Waals surface area contributed by atoms with Gasteiger partial charge in [-0.05, 0) is 32.1 Å². The fraction of sp³-hybridized carbons (Fsp3) is 0.500. The van der Waals surface area contributed by atoms with Gasteiger partial charge in [0.1, 0.15) is 5.84 Å². The van der Waals surface area contributed by atoms with Crippen LogP contribution in [0.1, 0.15) is 63.0 Å². The molecule has 0 amide bonds. The molecule has 154 valence electrons. The van der Waals surface area contributed by atoms with Crippen LogP contribution >= 0.6 is 0 Å². The highest BCUT2D eigenvalue weighted by Crippen LogP contribution is 2.39. The second-order valence-electron chi connectivity index (χ2n) is 8.99. The maximum Gasteiger partial charge on any atom is 0.137 e. The largest absolute Gasteiger partial charge is 0.370 e. The Kier molecular flexibility index (Phi) is 5.94. The molecular formula is C26H35N3. The van der Waals surface area contributed by atoms with Crippen LogP contribution in [0.5, 0.6) is 0 Å². The SMILES string of the molecule is C=C1NC(c2ccc(C)cc2)=NC2=C1CN(C(=C)C1CCCC1)CC2CCCC. The Morgan fingerprint density at radius 2 is 1.93 bits per heavy atom.